The van der Waals surface area contributed by atoms with Crippen molar-refractivity contribution in [2.75, 3.05) is 24.5 Å². The quantitative estimate of drug-likeness (QED) is 0.848. The van der Waals surface area contributed by atoms with E-state index in [9.17, 15) is 4.79 Å². The number of anilines is 1. The van der Waals surface area contributed by atoms with Gasteiger partial charge in [-0.3, -0.25) is 4.79 Å². The summed E-state index contributed by atoms with van der Waals surface area (Å²) in [5.41, 5.74) is 2.29. The number of aromatic nitrogens is 2. The molecule has 2 aromatic rings. The third-order valence-electron chi connectivity index (χ3n) is 4.72. The molecule has 4 heterocycles. The van der Waals surface area contributed by atoms with Crippen LogP contribution in [0, 0.1) is 12.8 Å². The highest BCUT2D eigenvalue weighted by atomic mass is 32.1. The van der Waals surface area contributed by atoms with Gasteiger partial charge in [-0.25, -0.2) is 9.97 Å². The number of rotatable bonds is 2. The Morgan fingerprint density at radius 1 is 1.35 bits per heavy atom. The topological polar surface area (TPSA) is 49.3 Å². The van der Waals surface area contributed by atoms with Crippen LogP contribution >= 0.6 is 11.3 Å². The van der Waals surface area contributed by atoms with Crippen LogP contribution in [0.5, 0.6) is 0 Å². The van der Waals surface area contributed by atoms with E-state index in [1.54, 1.807) is 6.20 Å². The van der Waals surface area contributed by atoms with Crippen molar-refractivity contribution in [3.8, 4) is 0 Å². The van der Waals surface area contributed by atoms with E-state index >= 15 is 0 Å². The first-order valence-electron chi connectivity index (χ1n) is 8.09. The summed E-state index contributed by atoms with van der Waals surface area (Å²) < 4.78 is 0. The monoisotopic (exact) mass is 328 g/mol. The van der Waals surface area contributed by atoms with E-state index in [4.69, 9.17) is 0 Å². The van der Waals surface area contributed by atoms with Crippen LogP contribution in [0.15, 0.2) is 23.7 Å². The number of hydrogen-bond acceptors (Lipinski definition) is 5. The molecule has 0 saturated carbocycles. The molecular weight excluding hydrogens is 308 g/mol. The van der Waals surface area contributed by atoms with Crippen LogP contribution in [0.3, 0.4) is 0 Å². The Morgan fingerprint density at radius 2 is 2.26 bits per heavy atom. The Morgan fingerprint density at radius 3 is 3.13 bits per heavy atom. The fourth-order valence-corrected chi connectivity index (χ4v) is 4.32. The maximum atomic E-state index is 12.8. The number of amides is 1. The van der Waals surface area contributed by atoms with E-state index in [0.29, 0.717) is 0 Å². The molecule has 0 aromatic carbocycles. The molecule has 23 heavy (non-hydrogen) atoms. The maximum absolute atomic E-state index is 12.8. The highest BCUT2D eigenvalue weighted by Gasteiger charge is 2.33. The van der Waals surface area contributed by atoms with Gasteiger partial charge in [0.1, 0.15) is 0 Å². The minimum Gasteiger partial charge on any atom is -0.340 e. The molecule has 2 aliphatic heterocycles. The predicted octanol–water partition coefficient (Wildman–Crippen LogP) is 2.26. The van der Waals surface area contributed by atoms with Crippen LogP contribution in [-0.2, 0) is 17.8 Å². The van der Waals surface area contributed by atoms with Crippen molar-refractivity contribution in [1.29, 1.82) is 0 Å². The summed E-state index contributed by atoms with van der Waals surface area (Å²) >= 11 is 1.81. The summed E-state index contributed by atoms with van der Waals surface area (Å²) in [6, 6.07) is 4.05. The van der Waals surface area contributed by atoms with Crippen molar-refractivity contribution in [3.05, 3.63) is 39.8 Å². The molecule has 1 amide bonds. The fraction of sp³-hybridized carbons (Fsp3) is 0.471. The standard InChI is InChI=1S/C17H20N4OS/c1-12-2-6-18-17(19-12)21-7-3-14(11-21)16(22)20-8-4-15-13(10-20)5-9-23-15/h2,5-6,9,14H,3-4,7-8,10-11H2,1H3. The Hall–Kier alpha value is -1.95. The highest BCUT2D eigenvalue weighted by molar-refractivity contribution is 7.10. The Labute approximate surface area is 140 Å². The molecule has 0 N–H and O–H groups in total. The third-order valence-corrected chi connectivity index (χ3v) is 5.74. The van der Waals surface area contributed by atoms with Crippen molar-refractivity contribution >= 4 is 23.2 Å². The van der Waals surface area contributed by atoms with Crippen molar-refractivity contribution in [2.45, 2.75) is 26.3 Å². The average Bonchev–Trinajstić information content (AvgIpc) is 3.22. The second-order valence-electron chi connectivity index (χ2n) is 6.31. The molecule has 0 spiro atoms. The summed E-state index contributed by atoms with van der Waals surface area (Å²) in [4.78, 5) is 27.3. The first-order chi connectivity index (χ1) is 11.2. The largest absolute Gasteiger partial charge is 0.340 e. The van der Waals surface area contributed by atoms with Crippen LogP contribution in [0.4, 0.5) is 5.95 Å². The molecule has 0 bridgehead atoms. The van der Waals surface area contributed by atoms with E-state index in [1.165, 1.54) is 10.4 Å². The molecule has 5 nitrogen and oxygen atoms in total. The van der Waals surface area contributed by atoms with Crippen LogP contribution in [0.2, 0.25) is 0 Å². The van der Waals surface area contributed by atoms with Gasteiger partial charge in [0.2, 0.25) is 11.9 Å². The zero-order valence-corrected chi connectivity index (χ0v) is 14.1. The zero-order chi connectivity index (χ0) is 15.8. The SMILES string of the molecule is Cc1ccnc(N2CCC(C(=O)N3CCc4sccc4C3)C2)n1. The van der Waals surface area contributed by atoms with Crippen LogP contribution in [0.1, 0.15) is 22.6 Å². The van der Waals surface area contributed by atoms with Crippen molar-refractivity contribution in [2.24, 2.45) is 5.92 Å². The van der Waals surface area contributed by atoms with Gasteiger partial charge in [-0.05, 0) is 42.8 Å². The van der Waals surface area contributed by atoms with Gasteiger partial charge in [-0.2, -0.15) is 0 Å². The first kappa shape index (κ1) is 14.6. The Bertz CT molecular complexity index is 729. The van der Waals surface area contributed by atoms with Gasteiger partial charge in [0.05, 0.1) is 5.92 Å². The lowest BCUT2D eigenvalue weighted by molar-refractivity contribution is -0.135. The minimum atomic E-state index is 0.0688. The highest BCUT2D eigenvalue weighted by Crippen LogP contribution is 2.28. The molecule has 6 heteroatoms. The summed E-state index contributed by atoms with van der Waals surface area (Å²) in [5.74, 6) is 1.11. The van der Waals surface area contributed by atoms with E-state index in [1.807, 2.05) is 29.2 Å². The molecule has 2 aromatic heterocycles. The number of carbonyl (C=O) groups excluding carboxylic acids is 1. The smallest absolute Gasteiger partial charge is 0.227 e. The molecule has 1 fully saturated rings. The second-order valence-corrected chi connectivity index (χ2v) is 7.31. The number of carbonyl (C=O) groups is 1. The summed E-state index contributed by atoms with van der Waals surface area (Å²) in [6.07, 6.45) is 3.68. The van der Waals surface area contributed by atoms with Crippen molar-refractivity contribution in [3.63, 3.8) is 0 Å². The van der Waals surface area contributed by atoms with E-state index in [2.05, 4.69) is 26.3 Å². The Balaban J connectivity index is 1.43. The molecule has 120 valence electrons. The zero-order valence-electron chi connectivity index (χ0n) is 13.2. The van der Waals surface area contributed by atoms with Crippen LogP contribution in [-0.4, -0.2) is 40.4 Å². The summed E-state index contributed by atoms with van der Waals surface area (Å²) in [7, 11) is 0. The lowest BCUT2D eigenvalue weighted by Crippen LogP contribution is -2.40. The van der Waals surface area contributed by atoms with E-state index in [0.717, 1.165) is 50.7 Å². The third kappa shape index (κ3) is 2.83. The van der Waals surface area contributed by atoms with Crippen molar-refractivity contribution < 1.29 is 4.79 Å². The van der Waals surface area contributed by atoms with Crippen LogP contribution < -0.4 is 4.90 Å². The first-order valence-corrected chi connectivity index (χ1v) is 8.97. The van der Waals surface area contributed by atoms with Gasteiger partial charge in [-0.1, -0.05) is 0 Å². The minimum absolute atomic E-state index is 0.0688. The molecule has 1 atom stereocenters. The number of thiophene rings is 1. The van der Waals surface area contributed by atoms with Gasteiger partial charge < -0.3 is 9.80 Å². The normalized spacial score (nSPS) is 20.7. The number of hydrogen-bond donors (Lipinski definition) is 0. The molecule has 2 aliphatic rings. The lowest BCUT2D eigenvalue weighted by Gasteiger charge is -2.29. The fourth-order valence-electron chi connectivity index (χ4n) is 3.43. The van der Waals surface area contributed by atoms with Crippen molar-refractivity contribution in [1.82, 2.24) is 14.9 Å². The Kier molecular flexibility index (Phi) is 3.77. The molecule has 1 saturated heterocycles. The van der Waals surface area contributed by atoms with Gasteiger partial charge >= 0.3 is 0 Å². The maximum Gasteiger partial charge on any atom is 0.227 e. The summed E-state index contributed by atoms with van der Waals surface area (Å²) in [5, 5.41) is 2.13. The van der Waals surface area contributed by atoms with Gasteiger partial charge in [0, 0.05) is 42.9 Å². The number of fused-ring (bicyclic) bond motifs is 1. The molecular formula is C17H20N4OS. The molecule has 4 rings (SSSR count). The molecule has 0 radical (unpaired) electrons. The number of nitrogens with zero attached hydrogens (tertiary/aromatic N) is 4. The predicted molar refractivity (Wildman–Crippen MR) is 90.5 cm³/mol. The van der Waals surface area contributed by atoms with Crippen LogP contribution in [0.25, 0.3) is 0 Å². The molecule has 0 aliphatic carbocycles. The molecule has 1 unspecified atom stereocenters. The van der Waals surface area contributed by atoms with Gasteiger partial charge in [0.25, 0.3) is 0 Å². The summed E-state index contributed by atoms with van der Waals surface area (Å²) in [6.45, 7) is 5.18. The average molecular weight is 328 g/mol. The van der Waals surface area contributed by atoms with E-state index < -0.39 is 0 Å². The van der Waals surface area contributed by atoms with Gasteiger partial charge in [0.15, 0.2) is 0 Å². The second kappa shape index (κ2) is 5.92. The van der Waals surface area contributed by atoms with E-state index in [-0.39, 0.29) is 11.8 Å². The lowest BCUT2D eigenvalue weighted by atomic mass is 10.0. The van der Waals surface area contributed by atoms with Gasteiger partial charge in [-0.15, -0.1) is 11.3 Å². The number of aryl methyl sites for hydroxylation is 1.